The Morgan fingerprint density at radius 2 is 2.33 bits per heavy atom. The van der Waals surface area contributed by atoms with E-state index in [1.165, 1.54) is 32.1 Å². The van der Waals surface area contributed by atoms with E-state index >= 15 is 0 Å². The fraction of sp³-hybridized carbons (Fsp3) is 1.00. The van der Waals surface area contributed by atoms with Gasteiger partial charge in [0.1, 0.15) is 0 Å². The van der Waals surface area contributed by atoms with Crippen molar-refractivity contribution in [3.8, 4) is 0 Å². The van der Waals surface area contributed by atoms with E-state index < -0.39 is 0 Å². The van der Waals surface area contributed by atoms with Gasteiger partial charge < -0.3 is 0 Å². The van der Waals surface area contributed by atoms with Crippen molar-refractivity contribution in [2.45, 2.75) is 32.1 Å². The summed E-state index contributed by atoms with van der Waals surface area (Å²) in [5.41, 5.74) is 0.653. The van der Waals surface area contributed by atoms with Crippen LogP contribution in [0.4, 0.5) is 0 Å². The van der Waals surface area contributed by atoms with Crippen LogP contribution >= 0.6 is 11.6 Å². The molecule has 2 saturated carbocycles. The standard InChI is InChI=1S/C8H13Cl/c9-6-8-4-2-1-3-7(8)5-8/h7H,1-6H2. The van der Waals surface area contributed by atoms with Crippen LogP contribution in [-0.4, -0.2) is 5.88 Å². The fourth-order valence-corrected chi connectivity index (χ4v) is 2.71. The second kappa shape index (κ2) is 1.88. The molecule has 0 saturated heterocycles. The minimum absolute atomic E-state index is 0.653. The monoisotopic (exact) mass is 144 g/mol. The van der Waals surface area contributed by atoms with Crippen LogP contribution in [0, 0.1) is 11.3 Å². The van der Waals surface area contributed by atoms with Crippen molar-refractivity contribution < 1.29 is 0 Å². The van der Waals surface area contributed by atoms with Crippen molar-refractivity contribution in [3.63, 3.8) is 0 Å². The summed E-state index contributed by atoms with van der Waals surface area (Å²) in [5, 5.41) is 0. The van der Waals surface area contributed by atoms with Crippen molar-refractivity contribution in [1.29, 1.82) is 0 Å². The number of fused-ring (bicyclic) bond motifs is 1. The molecular formula is C8H13Cl. The molecule has 2 aliphatic carbocycles. The Morgan fingerprint density at radius 1 is 1.44 bits per heavy atom. The molecule has 2 aliphatic rings. The van der Waals surface area contributed by atoms with E-state index in [0.717, 1.165) is 11.8 Å². The number of alkyl halides is 1. The molecule has 52 valence electrons. The molecule has 2 unspecified atom stereocenters. The van der Waals surface area contributed by atoms with E-state index in [1.54, 1.807) is 0 Å². The third-order valence-electron chi connectivity index (χ3n) is 3.10. The highest BCUT2D eigenvalue weighted by molar-refractivity contribution is 6.18. The Balaban J connectivity index is 2.01. The predicted octanol–water partition coefficient (Wildman–Crippen LogP) is 2.81. The van der Waals surface area contributed by atoms with E-state index in [4.69, 9.17) is 11.6 Å². The highest BCUT2D eigenvalue weighted by Crippen LogP contribution is 2.61. The van der Waals surface area contributed by atoms with Gasteiger partial charge in [0.15, 0.2) is 0 Å². The highest BCUT2D eigenvalue weighted by Gasteiger charge is 2.53. The normalized spacial score (nSPS) is 48.3. The van der Waals surface area contributed by atoms with Crippen LogP contribution in [0.15, 0.2) is 0 Å². The summed E-state index contributed by atoms with van der Waals surface area (Å²) < 4.78 is 0. The van der Waals surface area contributed by atoms with Gasteiger partial charge in [0, 0.05) is 5.88 Å². The average Bonchev–Trinajstić information content (AvgIpc) is 2.62. The van der Waals surface area contributed by atoms with E-state index in [9.17, 15) is 0 Å². The highest BCUT2D eigenvalue weighted by atomic mass is 35.5. The van der Waals surface area contributed by atoms with Crippen molar-refractivity contribution in [2.24, 2.45) is 11.3 Å². The summed E-state index contributed by atoms with van der Waals surface area (Å²) in [6, 6.07) is 0. The molecule has 2 rings (SSSR count). The second-order valence-corrected chi connectivity index (χ2v) is 3.91. The van der Waals surface area contributed by atoms with Gasteiger partial charge >= 0.3 is 0 Å². The minimum atomic E-state index is 0.653. The Kier molecular flexibility index (Phi) is 1.26. The molecule has 9 heavy (non-hydrogen) atoms. The molecule has 0 radical (unpaired) electrons. The molecule has 0 spiro atoms. The summed E-state index contributed by atoms with van der Waals surface area (Å²) in [4.78, 5) is 0. The fourth-order valence-electron chi connectivity index (χ4n) is 2.24. The van der Waals surface area contributed by atoms with Crippen molar-refractivity contribution in [2.75, 3.05) is 5.88 Å². The van der Waals surface area contributed by atoms with Gasteiger partial charge in [-0.2, -0.15) is 0 Å². The first-order chi connectivity index (χ1) is 4.37. The van der Waals surface area contributed by atoms with Gasteiger partial charge in [-0.05, 0) is 30.6 Å². The maximum absolute atomic E-state index is 5.86. The third kappa shape index (κ3) is 0.797. The van der Waals surface area contributed by atoms with Crippen LogP contribution in [0.5, 0.6) is 0 Å². The SMILES string of the molecule is ClCC12CCCCC1C2. The van der Waals surface area contributed by atoms with E-state index in [-0.39, 0.29) is 0 Å². The lowest BCUT2D eigenvalue weighted by molar-refractivity contribution is 0.370. The zero-order chi connectivity index (χ0) is 6.32. The molecule has 0 heterocycles. The Bertz CT molecular complexity index is 122. The van der Waals surface area contributed by atoms with Gasteiger partial charge in [-0.25, -0.2) is 0 Å². The number of hydrogen-bond acceptors (Lipinski definition) is 0. The Labute approximate surface area is 61.6 Å². The van der Waals surface area contributed by atoms with Crippen LogP contribution in [0.2, 0.25) is 0 Å². The molecule has 0 aromatic heterocycles. The largest absolute Gasteiger partial charge is 0.126 e. The molecule has 0 N–H and O–H groups in total. The lowest BCUT2D eigenvalue weighted by Gasteiger charge is -2.18. The van der Waals surface area contributed by atoms with Gasteiger partial charge in [-0.15, -0.1) is 11.6 Å². The maximum Gasteiger partial charge on any atom is 0.0282 e. The smallest absolute Gasteiger partial charge is 0.0282 e. The van der Waals surface area contributed by atoms with Crippen LogP contribution < -0.4 is 0 Å². The molecule has 1 heteroatoms. The molecule has 2 fully saturated rings. The zero-order valence-corrected chi connectivity index (χ0v) is 6.45. The second-order valence-electron chi connectivity index (χ2n) is 3.64. The molecule has 0 nitrogen and oxygen atoms in total. The summed E-state index contributed by atoms with van der Waals surface area (Å²) in [7, 11) is 0. The lowest BCUT2D eigenvalue weighted by atomic mass is 9.90. The van der Waals surface area contributed by atoms with E-state index in [0.29, 0.717) is 5.41 Å². The zero-order valence-electron chi connectivity index (χ0n) is 5.70. The lowest BCUT2D eigenvalue weighted by Crippen LogP contribution is -2.10. The van der Waals surface area contributed by atoms with E-state index in [1.807, 2.05) is 0 Å². The first kappa shape index (κ1) is 6.03. The minimum Gasteiger partial charge on any atom is -0.126 e. The molecule has 0 bridgehead atoms. The molecule has 0 amide bonds. The quantitative estimate of drug-likeness (QED) is 0.497. The van der Waals surface area contributed by atoms with Crippen LogP contribution in [0.1, 0.15) is 32.1 Å². The molecule has 0 aliphatic heterocycles. The van der Waals surface area contributed by atoms with Crippen LogP contribution in [0.25, 0.3) is 0 Å². The number of hydrogen-bond donors (Lipinski definition) is 0. The number of rotatable bonds is 1. The van der Waals surface area contributed by atoms with Crippen molar-refractivity contribution >= 4 is 11.6 Å². The first-order valence-electron chi connectivity index (χ1n) is 3.93. The predicted molar refractivity (Wildman–Crippen MR) is 39.7 cm³/mol. The van der Waals surface area contributed by atoms with Crippen LogP contribution in [0.3, 0.4) is 0 Å². The summed E-state index contributed by atoms with van der Waals surface area (Å²) in [6.07, 6.45) is 7.22. The average molecular weight is 145 g/mol. The van der Waals surface area contributed by atoms with Gasteiger partial charge in [-0.1, -0.05) is 12.8 Å². The van der Waals surface area contributed by atoms with Crippen molar-refractivity contribution in [3.05, 3.63) is 0 Å². The van der Waals surface area contributed by atoms with Gasteiger partial charge in [0.05, 0.1) is 0 Å². The maximum atomic E-state index is 5.86. The van der Waals surface area contributed by atoms with Gasteiger partial charge in [-0.3, -0.25) is 0 Å². The number of halogens is 1. The molecule has 2 atom stereocenters. The summed E-state index contributed by atoms with van der Waals surface area (Å²) in [6.45, 7) is 0. The van der Waals surface area contributed by atoms with Crippen LogP contribution in [-0.2, 0) is 0 Å². The molecular weight excluding hydrogens is 132 g/mol. The first-order valence-corrected chi connectivity index (χ1v) is 4.47. The Morgan fingerprint density at radius 3 is 2.89 bits per heavy atom. The van der Waals surface area contributed by atoms with Gasteiger partial charge in [0.2, 0.25) is 0 Å². The summed E-state index contributed by atoms with van der Waals surface area (Å²) >= 11 is 5.86. The van der Waals surface area contributed by atoms with Crippen molar-refractivity contribution in [1.82, 2.24) is 0 Å². The molecule has 0 aromatic carbocycles. The summed E-state index contributed by atoms with van der Waals surface area (Å²) in [5.74, 6) is 1.96. The van der Waals surface area contributed by atoms with Gasteiger partial charge in [0.25, 0.3) is 0 Å². The topological polar surface area (TPSA) is 0 Å². The van der Waals surface area contributed by atoms with E-state index in [2.05, 4.69) is 0 Å². The Hall–Kier alpha value is 0.290. The molecule has 0 aromatic rings. The third-order valence-corrected chi connectivity index (χ3v) is 3.63.